The van der Waals surface area contributed by atoms with E-state index in [9.17, 15) is 14.0 Å². The Labute approximate surface area is 161 Å². The fourth-order valence-electron chi connectivity index (χ4n) is 3.40. The van der Waals surface area contributed by atoms with Gasteiger partial charge in [-0.2, -0.15) is 5.10 Å². The molecule has 3 heterocycles. The summed E-state index contributed by atoms with van der Waals surface area (Å²) in [4.78, 5) is 31.2. The van der Waals surface area contributed by atoms with Crippen molar-refractivity contribution in [2.75, 3.05) is 13.6 Å². The van der Waals surface area contributed by atoms with Crippen molar-refractivity contribution in [3.8, 4) is 11.3 Å². The maximum absolute atomic E-state index is 13.8. The van der Waals surface area contributed by atoms with E-state index in [0.29, 0.717) is 41.7 Å². The number of hydrogen-bond donors (Lipinski definition) is 1. The highest BCUT2D eigenvalue weighted by Gasteiger charge is 2.31. The van der Waals surface area contributed by atoms with Crippen molar-refractivity contribution in [3.63, 3.8) is 0 Å². The number of nitrogens with one attached hydrogen (secondary N) is 1. The summed E-state index contributed by atoms with van der Waals surface area (Å²) >= 11 is 0. The standard InChI is InChI=1S/C20H20FN5O2/c1-3-26-11-12(10-22-26)17-9-15(14-5-4-13(21)8-18(14)23-17)19(27)24-16-6-7-25(2)20(16)28/h4-5,8-11,16H,3,6-7H2,1-2H3,(H,24,27). The molecule has 144 valence electrons. The van der Waals surface area contributed by atoms with Gasteiger partial charge in [0.05, 0.1) is 23.0 Å². The molecule has 0 aliphatic carbocycles. The molecule has 1 N–H and O–H groups in total. The number of likely N-dealkylation sites (tertiary alicyclic amines) is 1. The van der Waals surface area contributed by atoms with E-state index in [1.165, 1.54) is 18.2 Å². The number of amides is 2. The molecule has 0 saturated carbocycles. The Kier molecular flexibility index (Phi) is 4.54. The first-order valence-electron chi connectivity index (χ1n) is 9.15. The lowest BCUT2D eigenvalue weighted by atomic mass is 10.0. The molecule has 4 rings (SSSR count). The van der Waals surface area contributed by atoms with Crippen LogP contribution in [0, 0.1) is 5.82 Å². The SMILES string of the molecule is CCn1cc(-c2cc(C(=O)NC3CCN(C)C3=O)c3ccc(F)cc3n2)cn1. The largest absolute Gasteiger partial charge is 0.344 e. The van der Waals surface area contributed by atoms with Gasteiger partial charge in [0.1, 0.15) is 11.9 Å². The van der Waals surface area contributed by atoms with Crippen molar-refractivity contribution in [2.45, 2.75) is 25.9 Å². The Morgan fingerprint density at radius 3 is 2.86 bits per heavy atom. The molecule has 2 amide bonds. The molecule has 8 heteroatoms. The van der Waals surface area contributed by atoms with E-state index in [4.69, 9.17) is 0 Å². The second kappa shape index (κ2) is 7.03. The van der Waals surface area contributed by atoms with Gasteiger partial charge in [-0.25, -0.2) is 9.37 Å². The van der Waals surface area contributed by atoms with Crippen molar-refractivity contribution in [1.82, 2.24) is 25.0 Å². The van der Waals surface area contributed by atoms with Crippen LogP contribution in [0.25, 0.3) is 22.2 Å². The van der Waals surface area contributed by atoms with Crippen LogP contribution in [0.1, 0.15) is 23.7 Å². The van der Waals surface area contributed by atoms with Crippen LogP contribution >= 0.6 is 0 Å². The minimum absolute atomic E-state index is 0.109. The van der Waals surface area contributed by atoms with Crippen LogP contribution in [0.4, 0.5) is 4.39 Å². The van der Waals surface area contributed by atoms with E-state index < -0.39 is 11.9 Å². The molecule has 1 saturated heterocycles. The van der Waals surface area contributed by atoms with Gasteiger partial charge < -0.3 is 10.2 Å². The Morgan fingerprint density at radius 2 is 2.18 bits per heavy atom. The molecule has 1 aliphatic heterocycles. The number of halogens is 1. The summed E-state index contributed by atoms with van der Waals surface area (Å²) in [5.74, 6) is -0.917. The van der Waals surface area contributed by atoms with E-state index >= 15 is 0 Å². The van der Waals surface area contributed by atoms with Crippen LogP contribution in [-0.2, 0) is 11.3 Å². The first kappa shape index (κ1) is 18.1. The molecule has 1 aliphatic rings. The summed E-state index contributed by atoms with van der Waals surface area (Å²) in [5, 5.41) is 7.57. The van der Waals surface area contributed by atoms with E-state index in [1.807, 2.05) is 13.1 Å². The van der Waals surface area contributed by atoms with Gasteiger partial charge in [-0.05, 0) is 31.5 Å². The smallest absolute Gasteiger partial charge is 0.252 e. The number of pyridine rings is 1. The number of aryl methyl sites for hydroxylation is 1. The van der Waals surface area contributed by atoms with Crippen LogP contribution < -0.4 is 5.32 Å². The van der Waals surface area contributed by atoms with Gasteiger partial charge in [0.15, 0.2) is 0 Å². The maximum Gasteiger partial charge on any atom is 0.252 e. The van der Waals surface area contributed by atoms with E-state index in [1.54, 1.807) is 28.9 Å². The van der Waals surface area contributed by atoms with E-state index in [0.717, 1.165) is 5.56 Å². The number of benzene rings is 1. The Balaban J connectivity index is 1.77. The minimum Gasteiger partial charge on any atom is -0.344 e. The van der Waals surface area contributed by atoms with Gasteiger partial charge in [0.25, 0.3) is 5.91 Å². The van der Waals surface area contributed by atoms with Gasteiger partial charge in [-0.3, -0.25) is 14.3 Å². The average Bonchev–Trinajstić information content (AvgIpc) is 3.29. The third-order valence-corrected chi connectivity index (χ3v) is 5.00. The zero-order valence-electron chi connectivity index (χ0n) is 15.6. The Bertz CT molecular complexity index is 1080. The lowest BCUT2D eigenvalue weighted by Crippen LogP contribution is -2.40. The van der Waals surface area contributed by atoms with Crippen molar-refractivity contribution in [2.24, 2.45) is 0 Å². The minimum atomic E-state index is -0.549. The number of hydrogen-bond acceptors (Lipinski definition) is 4. The predicted octanol–water partition coefficient (Wildman–Crippen LogP) is 2.22. The number of carbonyl (C=O) groups is 2. The van der Waals surface area contributed by atoms with Gasteiger partial charge in [0.2, 0.25) is 5.91 Å². The van der Waals surface area contributed by atoms with Gasteiger partial charge in [-0.15, -0.1) is 0 Å². The Hall–Kier alpha value is -3.29. The lowest BCUT2D eigenvalue weighted by Gasteiger charge is -2.14. The summed E-state index contributed by atoms with van der Waals surface area (Å²) in [6, 6.07) is 5.25. The van der Waals surface area contributed by atoms with Gasteiger partial charge in [0, 0.05) is 43.4 Å². The third kappa shape index (κ3) is 3.21. The zero-order valence-corrected chi connectivity index (χ0v) is 15.6. The molecule has 0 radical (unpaired) electrons. The number of fused-ring (bicyclic) bond motifs is 1. The molecule has 1 fully saturated rings. The second-order valence-corrected chi connectivity index (χ2v) is 6.88. The third-order valence-electron chi connectivity index (χ3n) is 5.00. The number of aromatic nitrogens is 3. The van der Waals surface area contributed by atoms with Crippen molar-refractivity contribution in [1.29, 1.82) is 0 Å². The van der Waals surface area contributed by atoms with E-state index in [-0.39, 0.29) is 11.8 Å². The van der Waals surface area contributed by atoms with Crippen molar-refractivity contribution < 1.29 is 14.0 Å². The molecule has 0 bridgehead atoms. The van der Waals surface area contributed by atoms with Crippen LogP contribution in [0.15, 0.2) is 36.7 Å². The number of likely N-dealkylation sites (N-methyl/N-ethyl adjacent to an activating group) is 1. The zero-order chi connectivity index (χ0) is 19.8. The quantitative estimate of drug-likeness (QED) is 0.752. The van der Waals surface area contributed by atoms with E-state index in [2.05, 4.69) is 15.4 Å². The fraction of sp³-hybridized carbons (Fsp3) is 0.300. The molecule has 7 nitrogen and oxygen atoms in total. The first-order chi connectivity index (χ1) is 13.5. The Morgan fingerprint density at radius 1 is 1.36 bits per heavy atom. The normalized spacial score (nSPS) is 16.8. The topological polar surface area (TPSA) is 80.1 Å². The molecule has 1 atom stereocenters. The number of rotatable bonds is 4. The predicted molar refractivity (Wildman–Crippen MR) is 102 cm³/mol. The molecule has 1 unspecified atom stereocenters. The van der Waals surface area contributed by atoms with Crippen LogP contribution in [0.3, 0.4) is 0 Å². The highest BCUT2D eigenvalue weighted by molar-refractivity contribution is 6.08. The molecular weight excluding hydrogens is 361 g/mol. The maximum atomic E-state index is 13.8. The lowest BCUT2D eigenvalue weighted by molar-refractivity contribution is -0.128. The highest BCUT2D eigenvalue weighted by atomic mass is 19.1. The van der Waals surface area contributed by atoms with Gasteiger partial charge in [-0.1, -0.05) is 0 Å². The number of carbonyl (C=O) groups excluding carboxylic acids is 2. The first-order valence-corrected chi connectivity index (χ1v) is 9.15. The summed E-state index contributed by atoms with van der Waals surface area (Å²) in [5.41, 5.74) is 1.99. The second-order valence-electron chi connectivity index (χ2n) is 6.88. The summed E-state index contributed by atoms with van der Waals surface area (Å²) in [6.07, 6.45) is 4.05. The van der Waals surface area contributed by atoms with Crippen LogP contribution in [0.2, 0.25) is 0 Å². The van der Waals surface area contributed by atoms with Crippen LogP contribution in [-0.4, -0.2) is 51.1 Å². The molecule has 0 spiro atoms. The fourth-order valence-corrected chi connectivity index (χ4v) is 3.40. The van der Waals surface area contributed by atoms with Crippen molar-refractivity contribution >= 4 is 22.7 Å². The molecule has 3 aromatic rings. The molecule has 1 aromatic carbocycles. The van der Waals surface area contributed by atoms with Crippen molar-refractivity contribution in [3.05, 3.63) is 48.0 Å². The average molecular weight is 381 g/mol. The van der Waals surface area contributed by atoms with Gasteiger partial charge >= 0.3 is 0 Å². The number of nitrogens with zero attached hydrogens (tertiary/aromatic N) is 4. The molecule has 28 heavy (non-hydrogen) atoms. The van der Waals surface area contributed by atoms with Crippen LogP contribution in [0.5, 0.6) is 0 Å². The molecule has 2 aromatic heterocycles. The summed E-state index contributed by atoms with van der Waals surface area (Å²) in [6.45, 7) is 3.27. The molecular formula is C20H20FN5O2. The highest BCUT2D eigenvalue weighted by Crippen LogP contribution is 2.26. The summed E-state index contributed by atoms with van der Waals surface area (Å²) < 4.78 is 15.5. The summed E-state index contributed by atoms with van der Waals surface area (Å²) in [7, 11) is 1.71. The monoisotopic (exact) mass is 381 g/mol.